The van der Waals surface area contributed by atoms with Gasteiger partial charge in [0.05, 0.1) is 6.04 Å². The van der Waals surface area contributed by atoms with Crippen LogP contribution in [-0.2, 0) is 9.53 Å². The molecule has 38 heavy (non-hydrogen) atoms. The standard InChI is InChI=1S/C29H39N5O4/c1-6-26(35)34-20(2)19-24(23-9-7-8-10-25(23)34)30-21-11-13-22(14-12-21)31-27(36)32-15-17-33(18-16-32)28(37)38-29(3,4)5/h7-14,20,24,30H,6,15-19H2,1-5H3,(H,31,36)/t20-,24+/m0/s1. The molecule has 0 spiro atoms. The minimum absolute atomic E-state index is 0.0730. The van der Waals surface area contributed by atoms with E-state index in [0.29, 0.717) is 38.3 Å². The third-order valence-corrected chi connectivity index (χ3v) is 6.86. The van der Waals surface area contributed by atoms with Crippen LogP contribution in [0.1, 0.15) is 59.1 Å². The second kappa shape index (κ2) is 11.3. The Bertz CT molecular complexity index is 1150. The van der Waals surface area contributed by atoms with Crippen LogP contribution in [0.25, 0.3) is 0 Å². The first kappa shape index (κ1) is 27.3. The lowest BCUT2D eigenvalue weighted by molar-refractivity contribution is -0.118. The SMILES string of the molecule is CCC(=O)N1c2ccccc2[C@H](Nc2ccc(NC(=O)N3CCN(C(=O)OC(C)(C)C)CC3)cc2)C[C@@H]1C. The van der Waals surface area contributed by atoms with Crippen molar-refractivity contribution < 1.29 is 19.1 Å². The monoisotopic (exact) mass is 521 g/mol. The molecule has 0 aliphatic carbocycles. The molecular formula is C29H39N5O4. The molecule has 204 valence electrons. The molecule has 2 heterocycles. The van der Waals surface area contributed by atoms with Crippen LogP contribution in [0.2, 0.25) is 0 Å². The number of ether oxygens (including phenoxy) is 1. The molecule has 4 amide bonds. The van der Waals surface area contributed by atoms with Gasteiger partial charge in [-0.15, -0.1) is 0 Å². The topological polar surface area (TPSA) is 94.2 Å². The van der Waals surface area contributed by atoms with Crippen LogP contribution in [0.5, 0.6) is 0 Å². The van der Waals surface area contributed by atoms with E-state index in [1.54, 1.807) is 9.80 Å². The first-order valence-corrected chi connectivity index (χ1v) is 13.4. The van der Waals surface area contributed by atoms with Gasteiger partial charge in [0.15, 0.2) is 0 Å². The minimum Gasteiger partial charge on any atom is -0.444 e. The number of fused-ring (bicyclic) bond motifs is 1. The number of anilines is 3. The average Bonchev–Trinajstić information content (AvgIpc) is 2.88. The van der Waals surface area contributed by atoms with Gasteiger partial charge >= 0.3 is 12.1 Å². The molecule has 2 atom stereocenters. The van der Waals surface area contributed by atoms with Crippen LogP contribution in [0.3, 0.4) is 0 Å². The number of hydrogen-bond acceptors (Lipinski definition) is 5. The molecule has 2 aliphatic rings. The average molecular weight is 522 g/mol. The normalized spacial score (nSPS) is 19.4. The van der Waals surface area contributed by atoms with Crippen molar-refractivity contribution in [3.63, 3.8) is 0 Å². The van der Waals surface area contributed by atoms with Gasteiger partial charge in [-0.05, 0) is 70.0 Å². The van der Waals surface area contributed by atoms with Gasteiger partial charge in [-0.25, -0.2) is 9.59 Å². The Balaban J connectivity index is 1.33. The Morgan fingerprint density at radius 2 is 1.53 bits per heavy atom. The summed E-state index contributed by atoms with van der Waals surface area (Å²) in [6.45, 7) is 11.3. The van der Waals surface area contributed by atoms with Crippen molar-refractivity contribution in [1.82, 2.24) is 9.80 Å². The maximum Gasteiger partial charge on any atom is 0.410 e. The van der Waals surface area contributed by atoms with E-state index in [9.17, 15) is 14.4 Å². The number of carbonyl (C=O) groups is 3. The van der Waals surface area contributed by atoms with Crippen LogP contribution in [0.15, 0.2) is 48.5 Å². The van der Waals surface area contributed by atoms with Crippen molar-refractivity contribution in [2.45, 2.75) is 65.1 Å². The van der Waals surface area contributed by atoms with Gasteiger partial charge in [-0.2, -0.15) is 0 Å². The number of rotatable bonds is 4. The third kappa shape index (κ3) is 6.38. The van der Waals surface area contributed by atoms with E-state index in [1.165, 1.54) is 0 Å². The van der Waals surface area contributed by atoms with Crippen LogP contribution in [0, 0.1) is 0 Å². The van der Waals surface area contributed by atoms with Crippen LogP contribution in [-0.4, -0.2) is 65.7 Å². The van der Waals surface area contributed by atoms with Crippen molar-refractivity contribution in [1.29, 1.82) is 0 Å². The van der Waals surface area contributed by atoms with E-state index >= 15 is 0 Å². The number of amides is 4. The first-order chi connectivity index (χ1) is 18.1. The van der Waals surface area contributed by atoms with Gasteiger partial charge < -0.3 is 30.1 Å². The number of benzene rings is 2. The zero-order valence-electron chi connectivity index (χ0n) is 23.0. The molecule has 0 aromatic heterocycles. The molecular weight excluding hydrogens is 482 g/mol. The number of piperazine rings is 1. The van der Waals surface area contributed by atoms with E-state index in [1.807, 2.05) is 75.1 Å². The number of para-hydroxylation sites is 1. The molecule has 2 aromatic rings. The number of urea groups is 1. The van der Waals surface area contributed by atoms with E-state index in [0.717, 1.165) is 23.4 Å². The van der Waals surface area contributed by atoms with Crippen LogP contribution < -0.4 is 15.5 Å². The maximum absolute atomic E-state index is 12.8. The summed E-state index contributed by atoms with van der Waals surface area (Å²) in [7, 11) is 0. The molecule has 2 aromatic carbocycles. The molecule has 0 saturated carbocycles. The smallest absolute Gasteiger partial charge is 0.410 e. The van der Waals surface area contributed by atoms with Crippen molar-refractivity contribution in [3.05, 3.63) is 54.1 Å². The van der Waals surface area contributed by atoms with Crippen LogP contribution in [0.4, 0.5) is 26.7 Å². The number of nitrogens with zero attached hydrogens (tertiary/aromatic N) is 3. The summed E-state index contributed by atoms with van der Waals surface area (Å²) in [6, 6.07) is 15.7. The maximum atomic E-state index is 12.8. The fourth-order valence-corrected chi connectivity index (χ4v) is 4.97. The predicted molar refractivity (Wildman–Crippen MR) is 150 cm³/mol. The van der Waals surface area contributed by atoms with Crippen LogP contribution >= 0.6 is 0 Å². The minimum atomic E-state index is -0.542. The Morgan fingerprint density at radius 1 is 0.921 bits per heavy atom. The van der Waals surface area contributed by atoms with Crippen molar-refractivity contribution >= 4 is 35.1 Å². The largest absolute Gasteiger partial charge is 0.444 e. The Kier molecular flexibility index (Phi) is 8.14. The lowest BCUT2D eigenvalue weighted by Crippen LogP contribution is -2.52. The highest BCUT2D eigenvalue weighted by Crippen LogP contribution is 2.39. The molecule has 1 fully saturated rings. The Hall–Kier alpha value is -3.75. The van der Waals surface area contributed by atoms with Gasteiger partial charge in [0.2, 0.25) is 5.91 Å². The zero-order chi connectivity index (χ0) is 27.4. The second-order valence-corrected chi connectivity index (χ2v) is 10.9. The molecule has 2 N–H and O–H groups in total. The summed E-state index contributed by atoms with van der Waals surface area (Å²) in [5, 5.41) is 6.56. The highest BCUT2D eigenvalue weighted by Gasteiger charge is 2.33. The van der Waals surface area contributed by atoms with Gasteiger partial charge in [-0.3, -0.25) is 4.79 Å². The van der Waals surface area contributed by atoms with E-state index in [-0.39, 0.29) is 30.1 Å². The molecule has 0 radical (unpaired) electrons. The summed E-state index contributed by atoms with van der Waals surface area (Å²) >= 11 is 0. The van der Waals surface area contributed by atoms with Gasteiger partial charge in [-0.1, -0.05) is 25.1 Å². The molecule has 2 aliphatic heterocycles. The van der Waals surface area contributed by atoms with Crippen molar-refractivity contribution in [2.75, 3.05) is 41.7 Å². The summed E-state index contributed by atoms with van der Waals surface area (Å²) in [4.78, 5) is 42.9. The van der Waals surface area contributed by atoms with Gasteiger partial charge in [0.25, 0.3) is 0 Å². The predicted octanol–water partition coefficient (Wildman–Crippen LogP) is 5.46. The van der Waals surface area contributed by atoms with E-state index in [4.69, 9.17) is 4.74 Å². The fraction of sp³-hybridized carbons (Fsp3) is 0.483. The molecule has 1 saturated heterocycles. The summed E-state index contributed by atoms with van der Waals surface area (Å²) in [5.74, 6) is 0.134. The number of carbonyl (C=O) groups excluding carboxylic acids is 3. The van der Waals surface area contributed by atoms with Crippen molar-refractivity contribution in [3.8, 4) is 0 Å². The number of hydrogen-bond donors (Lipinski definition) is 2. The lowest BCUT2D eigenvalue weighted by atomic mass is 9.91. The first-order valence-electron chi connectivity index (χ1n) is 13.4. The zero-order valence-corrected chi connectivity index (χ0v) is 23.0. The van der Waals surface area contributed by atoms with Crippen molar-refractivity contribution in [2.24, 2.45) is 0 Å². The van der Waals surface area contributed by atoms with Gasteiger partial charge in [0.1, 0.15) is 5.60 Å². The third-order valence-electron chi connectivity index (χ3n) is 6.86. The number of nitrogens with one attached hydrogen (secondary N) is 2. The molecule has 0 bridgehead atoms. The summed E-state index contributed by atoms with van der Waals surface area (Å²) in [5.41, 5.74) is 3.17. The second-order valence-electron chi connectivity index (χ2n) is 10.9. The molecule has 0 unspecified atom stereocenters. The molecule has 9 heteroatoms. The van der Waals surface area contributed by atoms with E-state index in [2.05, 4.69) is 23.6 Å². The quantitative estimate of drug-likeness (QED) is 0.557. The summed E-state index contributed by atoms with van der Waals surface area (Å²) < 4.78 is 5.42. The Morgan fingerprint density at radius 3 is 2.16 bits per heavy atom. The van der Waals surface area contributed by atoms with E-state index < -0.39 is 5.60 Å². The molecule has 9 nitrogen and oxygen atoms in total. The highest BCUT2D eigenvalue weighted by atomic mass is 16.6. The molecule has 4 rings (SSSR count). The van der Waals surface area contributed by atoms with Gasteiger partial charge in [0, 0.05) is 55.7 Å². The Labute approximate surface area is 225 Å². The summed E-state index contributed by atoms with van der Waals surface area (Å²) in [6.07, 6.45) is 0.931. The highest BCUT2D eigenvalue weighted by molar-refractivity contribution is 5.95. The fourth-order valence-electron chi connectivity index (χ4n) is 4.97. The lowest BCUT2D eigenvalue weighted by Gasteiger charge is -2.40.